The number of rotatable bonds is 10. The summed E-state index contributed by atoms with van der Waals surface area (Å²) in [4.78, 5) is 29.6. The molecule has 2 aromatic carbocycles. The van der Waals surface area contributed by atoms with E-state index in [4.69, 9.17) is 14.2 Å². The van der Waals surface area contributed by atoms with E-state index in [-0.39, 0.29) is 11.5 Å². The minimum Gasteiger partial charge on any atom is -0.493 e. The molecule has 1 N–H and O–H groups in total. The minimum absolute atomic E-state index is 0.160. The van der Waals surface area contributed by atoms with Crippen molar-refractivity contribution in [1.29, 1.82) is 0 Å². The number of aromatic nitrogens is 4. The van der Waals surface area contributed by atoms with Gasteiger partial charge in [0.15, 0.2) is 17.1 Å². The Morgan fingerprint density at radius 2 is 1.78 bits per heavy atom. The van der Waals surface area contributed by atoms with Crippen LogP contribution in [-0.4, -0.2) is 53.1 Å². The Bertz CT molecular complexity index is 1420. The molecule has 0 aliphatic heterocycles. The average molecular weight is 490 g/mol. The van der Waals surface area contributed by atoms with Crippen molar-refractivity contribution >= 4 is 23.0 Å². The van der Waals surface area contributed by atoms with E-state index in [1.165, 1.54) is 39.9 Å². The molecule has 2 heterocycles. The smallest absolute Gasteiger partial charge is 0.264 e. The molecule has 0 fully saturated rings. The van der Waals surface area contributed by atoms with Crippen LogP contribution in [0.4, 0.5) is 0 Å². The molecule has 0 unspecified atom stereocenters. The number of methoxy groups -OCH3 is 3. The molecule has 0 aliphatic rings. The quantitative estimate of drug-likeness (QED) is 0.341. The first-order valence-electron chi connectivity index (χ1n) is 11.2. The van der Waals surface area contributed by atoms with Crippen LogP contribution in [0.3, 0.4) is 0 Å². The lowest BCUT2D eigenvalue weighted by Crippen LogP contribution is -2.26. The van der Waals surface area contributed by atoms with Crippen LogP contribution >= 0.6 is 0 Å². The average Bonchev–Trinajstić information content (AvgIpc) is 3.32. The fourth-order valence-corrected chi connectivity index (χ4v) is 3.77. The number of nitrogens with one attached hydrogen (secondary N) is 1. The predicted molar refractivity (Wildman–Crippen MR) is 135 cm³/mol. The van der Waals surface area contributed by atoms with Crippen LogP contribution in [0.2, 0.25) is 0 Å². The maximum atomic E-state index is 12.8. The zero-order chi connectivity index (χ0) is 25.5. The highest BCUT2D eigenvalue weighted by atomic mass is 16.5. The van der Waals surface area contributed by atoms with E-state index < -0.39 is 0 Å². The fraction of sp³-hybridized carbons (Fsp3) is 0.231. The van der Waals surface area contributed by atoms with Crippen molar-refractivity contribution < 1.29 is 19.0 Å². The van der Waals surface area contributed by atoms with Gasteiger partial charge in [-0.1, -0.05) is 30.3 Å². The monoisotopic (exact) mass is 489 g/mol. The Labute approximate surface area is 207 Å². The molecule has 186 valence electrons. The lowest BCUT2D eigenvalue weighted by atomic mass is 10.1. The molecule has 10 heteroatoms. The number of hydrogen-bond donors (Lipinski definition) is 1. The summed E-state index contributed by atoms with van der Waals surface area (Å²) in [6.45, 7) is 1.11. The summed E-state index contributed by atoms with van der Waals surface area (Å²) < 4.78 is 19.1. The lowest BCUT2D eigenvalue weighted by Gasteiger charge is -2.12. The van der Waals surface area contributed by atoms with Crippen LogP contribution in [0, 0.1) is 0 Å². The van der Waals surface area contributed by atoms with E-state index in [1.807, 2.05) is 30.3 Å². The second-order valence-electron chi connectivity index (χ2n) is 7.85. The van der Waals surface area contributed by atoms with E-state index in [9.17, 15) is 9.59 Å². The summed E-state index contributed by atoms with van der Waals surface area (Å²) in [5, 5.41) is 7.52. The summed E-state index contributed by atoms with van der Waals surface area (Å²) in [6.07, 6.45) is 6.11. The van der Waals surface area contributed by atoms with Gasteiger partial charge in [-0.3, -0.25) is 14.2 Å². The predicted octanol–water partition coefficient (Wildman–Crippen LogP) is 2.50. The molecule has 0 aliphatic carbocycles. The van der Waals surface area contributed by atoms with Gasteiger partial charge >= 0.3 is 0 Å². The van der Waals surface area contributed by atoms with Gasteiger partial charge in [-0.15, -0.1) is 0 Å². The van der Waals surface area contributed by atoms with Gasteiger partial charge in [-0.25, -0.2) is 9.67 Å². The summed E-state index contributed by atoms with van der Waals surface area (Å²) in [7, 11) is 4.59. The summed E-state index contributed by atoms with van der Waals surface area (Å²) in [6, 6.07) is 13.2. The Morgan fingerprint density at radius 1 is 1.06 bits per heavy atom. The van der Waals surface area contributed by atoms with Crippen LogP contribution in [0.15, 0.2) is 65.9 Å². The first kappa shape index (κ1) is 24.5. The van der Waals surface area contributed by atoms with Gasteiger partial charge in [0.1, 0.15) is 11.7 Å². The maximum Gasteiger partial charge on any atom is 0.264 e. The first-order valence-corrected chi connectivity index (χ1v) is 11.2. The van der Waals surface area contributed by atoms with Crippen LogP contribution in [0.5, 0.6) is 17.2 Å². The van der Waals surface area contributed by atoms with Gasteiger partial charge in [0.05, 0.1) is 40.6 Å². The zero-order valence-corrected chi connectivity index (χ0v) is 20.3. The molecule has 0 radical (unpaired) electrons. The van der Waals surface area contributed by atoms with Crippen LogP contribution < -0.4 is 25.1 Å². The lowest BCUT2D eigenvalue weighted by molar-refractivity contribution is -0.116. The van der Waals surface area contributed by atoms with Crippen LogP contribution in [0.1, 0.15) is 11.1 Å². The van der Waals surface area contributed by atoms with E-state index in [2.05, 4.69) is 15.4 Å². The number of ether oxygens (including phenoxy) is 3. The van der Waals surface area contributed by atoms with Crippen molar-refractivity contribution in [2.45, 2.75) is 13.1 Å². The second kappa shape index (κ2) is 11.2. The number of carbonyl (C=O) groups is 1. The standard InChI is InChI=1S/C26H27N5O5/c1-34-21-13-19(14-22(35-2)24(21)36-3)9-10-23(32)27-11-12-31-25-20(15-29-31)26(33)30(17-28-25)16-18-7-5-4-6-8-18/h4-10,13-15,17H,11-12,16H2,1-3H3,(H,27,32)/b10-9-. The fourth-order valence-electron chi connectivity index (χ4n) is 3.77. The van der Waals surface area contributed by atoms with Crippen LogP contribution in [-0.2, 0) is 17.9 Å². The zero-order valence-electron chi connectivity index (χ0n) is 20.3. The summed E-state index contributed by atoms with van der Waals surface area (Å²) >= 11 is 0. The van der Waals surface area contributed by atoms with Gasteiger partial charge < -0.3 is 19.5 Å². The molecular weight excluding hydrogens is 462 g/mol. The third-order valence-electron chi connectivity index (χ3n) is 5.56. The highest BCUT2D eigenvalue weighted by Crippen LogP contribution is 2.38. The molecule has 0 saturated heterocycles. The highest BCUT2D eigenvalue weighted by molar-refractivity contribution is 5.91. The molecule has 2 aromatic heterocycles. The van der Waals surface area contributed by atoms with Crippen LogP contribution in [0.25, 0.3) is 17.1 Å². The summed E-state index contributed by atoms with van der Waals surface area (Å²) in [5.41, 5.74) is 2.04. The van der Waals surface area contributed by atoms with Gasteiger partial charge in [0.25, 0.3) is 5.56 Å². The molecule has 10 nitrogen and oxygen atoms in total. The van der Waals surface area contributed by atoms with Gasteiger partial charge in [0, 0.05) is 12.6 Å². The Kier molecular flexibility index (Phi) is 7.64. The first-order chi connectivity index (χ1) is 17.5. The van der Waals surface area contributed by atoms with Crippen molar-refractivity contribution in [2.75, 3.05) is 27.9 Å². The van der Waals surface area contributed by atoms with E-state index in [0.717, 1.165) is 5.56 Å². The molecule has 4 aromatic rings. The second-order valence-corrected chi connectivity index (χ2v) is 7.85. The largest absolute Gasteiger partial charge is 0.493 e. The number of amides is 1. The van der Waals surface area contributed by atoms with Gasteiger partial charge in [-0.2, -0.15) is 5.10 Å². The van der Waals surface area contributed by atoms with Crippen molar-refractivity contribution in [3.05, 3.63) is 82.5 Å². The normalized spacial score (nSPS) is 11.1. The number of benzene rings is 2. The molecule has 1 amide bonds. The highest BCUT2D eigenvalue weighted by Gasteiger charge is 2.13. The van der Waals surface area contributed by atoms with Crippen molar-refractivity contribution in [1.82, 2.24) is 24.6 Å². The molecule has 0 atom stereocenters. The number of carbonyl (C=O) groups excluding carboxylic acids is 1. The number of hydrogen-bond acceptors (Lipinski definition) is 7. The minimum atomic E-state index is -0.279. The number of nitrogens with zero attached hydrogens (tertiary/aromatic N) is 4. The maximum absolute atomic E-state index is 12.8. The summed E-state index contributed by atoms with van der Waals surface area (Å²) in [5.74, 6) is 1.20. The molecule has 36 heavy (non-hydrogen) atoms. The van der Waals surface area contributed by atoms with E-state index in [0.29, 0.717) is 53.5 Å². The molecular formula is C26H27N5O5. The topological polar surface area (TPSA) is 110 Å². The van der Waals surface area contributed by atoms with Gasteiger partial charge in [-0.05, 0) is 29.3 Å². The Balaban J connectivity index is 1.38. The third-order valence-corrected chi connectivity index (χ3v) is 5.56. The third kappa shape index (κ3) is 5.38. The van der Waals surface area contributed by atoms with Crippen molar-refractivity contribution in [2.24, 2.45) is 0 Å². The van der Waals surface area contributed by atoms with Gasteiger partial charge in [0.2, 0.25) is 11.7 Å². The van der Waals surface area contributed by atoms with Crippen molar-refractivity contribution in [3.63, 3.8) is 0 Å². The molecule has 0 bridgehead atoms. The Hall–Kier alpha value is -4.60. The molecule has 4 rings (SSSR count). The van der Waals surface area contributed by atoms with Crippen molar-refractivity contribution in [3.8, 4) is 17.2 Å². The number of fused-ring (bicyclic) bond motifs is 1. The SMILES string of the molecule is COc1cc(/C=C\C(=O)NCCn2ncc3c(=O)n(Cc4ccccc4)cnc32)cc(OC)c1OC. The molecule has 0 saturated carbocycles. The Morgan fingerprint density at radius 3 is 2.44 bits per heavy atom. The molecule has 0 spiro atoms. The van der Waals surface area contributed by atoms with E-state index in [1.54, 1.807) is 27.5 Å². The van der Waals surface area contributed by atoms with E-state index >= 15 is 0 Å².